The van der Waals surface area contributed by atoms with Crippen molar-refractivity contribution in [1.29, 1.82) is 0 Å². The van der Waals surface area contributed by atoms with Gasteiger partial charge in [0.25, 0.3) is 0 Å². The number of benzene rings is 1. The van der Waals surface area contributed by atoms with E-state index in [2.05, 4.69) is 61.6 Å². The van der Waals surface area contributed by atoms with Crippen LogP contribution in [0.25, 0.3) is 22.6 Å². The molecular weight excluding hydrogens is 440 g/mol. The topological polar surface area (TPSA) is 109 Å². The van der Waals surface area contributed by atoms with Gasteiger partial charge in [-0.2, -0.15) is 0 Å². The van der Waals surface area contributed by atoms with Crippen molar-refractivity contribution in [3.8, 4) is 11.4 Å². The number of imidazole rings is 1. The molecule has 9 heteroatoms. The first kappa shape index (κ1) is 20.7. The van der Waals surface area contributed by atoms with Crippen LogP contribution in [-0.4, -0.2) is 58.1 Å². The molecule has 3 aromatic rings. The van der Waals surface area contributed by atoms with Gasteiger partial charge in [-0.1, -0.05) is 48.0 Å². The number of rotatable bonds is 6. The molecule has 2 aliphatic carbocycles. The van der Waals surface area contributed by atoms with Crippen LogP contribution >= 0.6 is 11.6 Å². The van der Waals surface area contributed by atoms with Gasteiger partial charge in [0.15, 0.2) is 5.65 Å². The number of hydrogen-bond acceptors (Lipinski definition) is 6. The number of hydrogen-bond donors (Lipinski definition) is 3. The molecule has 1 amide bonds. The zero-order valence-electron chi connectivity index (χ0n) is 18.0. The van der Waals surface area contributed by atoms with E-state index < -0.39 is 0 Å². The smallest absolute Gasteiger partial charge is 0.223 e. The van der Waals surface area contributed by atoms with E-state index in [1.165, 1.54) is 5.56 Å². The van der Waals surface area contributed by atoms with E-state index in [1.807, 2.05) is 0 Å². The number of nitrogens with one attached hydrogen (secondary N) is 2. The number of fused-ring (bicyclic) bond motifs is 2. The van der Waals surface area contributed by atoms with Crippen LogP contribution in [0.4, 0.5) is 5.69 Å². The number of ether oxygens (including phenoxy) is 1. The fraction of sp³-hybridized carbons (Fsp3) is 0.375. The minimum atomic E-state index is -0.290. The first-order chi connectivity index (χ1) is 16.1. The molecule has 8 nitrogen and oxygen atoms in total. The van der Waals surface area contributed by atoms with Gasteiger partial charge in [0.1, 0.15) is 11.3 Å². The summed E-state index contributed by atoms with van der Waals surface area (Å²) >= 11 is 6.51. The number of primary amides is 1. The molecule has 2 fully saturated rings. The first-order valence-electron chi connectivity index (χ1n) is 11.3. The zero-order valence-corrected chi connectivity index (χ0v) is 18.8. The van der Waals surface area contributed by atoms with Crippen molar-refractivity contribution in [2.45, 2.75) is 12.6 Å². The van der Waals surface area contributed by atoms with E-state index in [0.717, 1.165) is 49.8 Å². The summed E-state index contributed by atoms with van der Waals surface area (Å²) in [6, 6.07) is 8.33. The summed E-state index contributed by atoms with van der Waals surface area (Å²) in [5.74, 6) is 0.720. The quantitative estimate of drug-likeness (QED) is 0.484. The number of amides is 1. The molecule has 0 bridgehead atoms. The number of carbonyl (C=O) groups is 1. The number of H-pyrrole nitrogens is 1. The summed E-state index contributed by atoms with van der Waals surface area (Å²) < 4.78 is 5.43. The molecule has 1 unspecified atom stereocenters. The van der Waals surface area contributed by atoms with E-state index in [1.54, 1.807) is 6.20 Å². The van der Waals surface area contributed by atoms with Crippen LogP contribution in [0.5, 0.6) is 0 Å². The number of aromatic nitrogens is 3. The summed E-state index contributed by atoms with van der Waals surface area (Å²) in [5.41, 5.74) is 9.88. The maximum atomic E-state index is 11.9. The molecular formula is C24H25ClN6O2. The third-order valence-electron chi connectivity index (χ3n) is 7.07. The summed E-state index contributed by atoms with van der Waals surface area (Å²) in [6.07, 6.45) is 5.76. The normalized spacial score (nSPS) is 26.5. The number of allylic oxidation sites excluding steroid dienone is 1. The molecule has 1 saturated carbocycles. The molecule has 1 saturated heterocycles. The molecule has 4 atom stereocenters. The Bertz CT molecular complexity index is 1230. The number of pyridine rings is 1. The lowest BCUT2D eigenvalue weighted by atomic mass is 9.54. The predicted molar refractivity (Wildman–Crippen MR) is 127 cm³/mol. The van der Waals surface area contributed by atoms with Crippen molar-refractivity contribution in [1.82, 2.24) is 19.9 Å². The molecule has 33 heavy (non-hydrogen) atoms. The van der Waals surface area contributed by atoms with Gasteiger partial charge in [0.05, 0.1) is 36.0 Å². The van der Waals surface area contributed by atoms with Gasteiger partial charge < -0.3 is 20.8 Å². The molecule has 0 radical (unpaired) electrons. The van der Waals surface area contributed by atoms with E-state index in [-0.39, 0.29) is 23.8 Å². The van der Waals surface area contributed by atoms with Gasteiger partial charge in [-0.3, -0.25) is 9.69 Å². The molecule has 0 spiro atoms. The Hall–Kier alpha value is -2.94. The number of morpholine rings is 1. The van der Waals surface area contributed by atoms with Crippen LogP contribution in [0.2, 0.25) is 5.02 Å². The van der Waals surface area contributed by atoms with Crippen LogP contribution in [0.1, 0.15) is 5.56 Å². The number of anilines is 1. The lowest BCUT2D eigenvalue weighted by Crippen LogP contribution is -2.61. The average Bonchev–Trinajstić information content (AvgIpc) is 3.23. The molecule has 3 aliphatic rings. The molecule has 170 valence electrons. The fourth-order valence-electron chi connectivity index (χ4n) is 5.14. The lowest BCUT2D eigenvalue weighted by molar-refractivity contribution is -0.129. The molecule has 1 aromatic carbocycles. The Balaban J connectivity index is 1.25. The van der Waals surface area contributed by atoms with Gasteiger partial charge in [-0.15, -0.1) is 0 Å². The van der Waals surface area contributed by atoms with E-state index in [4.69, 9.17) is 22.1 Å². The summed E-state index contributed by atoms with van der Waals surface area (Å²) in [6.45, 7) is 4.42. The highest BCUT2D eigenvalue weighted by Gasteiger charge is 2.54. The second-order valence-electron chi connectivity index (χ2n) is 8.99. The molecule has 6 rings (SSSR count). The highest BCUT2D eigenvalue weighted by atomic mass is 35.5. The number of carbonyl (C=O) groups excluding carboxylic acids is 1. The zero-order chi connectivity index (χ0) is 22.5. The third-order valence-corrected chi connectivity index (χ3v) is 7.35. The maximum Gasteiger partial charge on any atom is 0.223 e. The summed E-state index contributed by atoms with van der Waals surface area (Å²) in [7, 11) is 0. The Morgan fingerprint density at radius 1 is 1.21 bits per heavy atom. The molecule has 3 heterocycles. The van der Waals surface area contributed by atoms with Gasteiger partial charge in [-0.25, -0.2) is 9.97 Å². The number of aromatic amines is 1. The van der Waals surface area contributed by atoms with Gasteiger partial charge in [0.2, 0.25) is 5.91 Å². The predicted octanol–water partition coefficient (Wildman–Crippen LogP) is 2.81. The average molecular weight is 465 g/mol. The number of nitrogens with zero attached hydrogens (tertiary/aromatic N) is 3. The third kappa shape index (κ3) is 3.58. The van der Waals surface area contributed by atoms with Crippen molar-refractivity contribution >= 4 is 34.4 Å². The Labute approximate surface area is 196 Å². The van der Waals surface area contributed by atoms with Crippen LogP contribution in [-0.2, 0) is 16.1 Å². The van der Waals surface area contributed by atoms with Gasteiger partial charge in [-0.05, 0) is 11.5 Å². The Morgan fingerprint density at radius 2 is 1.97 bits per heavy atom. The van der Waals surface area contributed by atoms with Crippen LogP contribution in [0, 0.1) is 17.8 Å². The van der Waals surface area contributed by atoms with Gasteiger partial charge in [0, 0.05) is 37.2 Å². The largest absolute Gasteiger partial charge is 0.379 e. The standard InChI is InChI=1S/C24H25ClN6O2/c25-17-11-27-24-21(20(17)28-19-16-6-5-15(16)18(19)22(26)32)29-23(30-24)14-3-1-13(2-4-14)12-31-7-9-33-10-8-31/h1-6,11,15-16,18-19H,7-10,12H2,(H2,26,32)(H2,27,28,29,30)/t15-,16?,18+,19-/m1/s1. The minimum Gasteiger partial charge on any atom is -0.379 e. The Kier molecular flexibility index (Phi) is 5.09. The highest BCUT2D eigenvalue weighted by molar-refractivity contribution is 6.34. The maximum absolute atomic E-state index is 11.9. The molecule has 2 aromatic heterocycles. The minimum absolute atomic E-state index is 0.0770. The van der Waals surface area contributed by atoms with Crippen molar-refractivity contribution < 1.29 is 9.53 Å². The molecule has 1 aliphatic heterocycles. The van der Waals surface area contributed by atoms with Crippen molar-refractivity contribution in [2.75, 3.05) is 31.6 Å². The van der Waals surface area contributed by atoms with Crippen LogP contribution in [0.15, 0.2) is 42.6 Å². The van der Waals surface area contributed by atoms with E-state index in [9.17, 15) is 4.79 Å². The fourth-order valence-corrected chi connectivity index (χ4v) is 5.33. The highest BCUT2D eigenvalue weighted by Crippen LogP contribution is 2.50. The second-order valence-corrected chi connectivity index (χ2v) is 9.40. The second kappa shape index (κ2) is 8.13. The van der Waals surface area contributed by atoms with Crippen LogP contribution in [0.3, 0.4) is 0 Å². The SMILES string of the molecule is NC(=O)[C@H]1[C@@H]2C=CC2[C@H]1Nc1c(Cl)cnc2nc(-c3ccc(CN4CCOCC4)cc3)[nH]c12. The van der Waals surface area contributed by atoms with Crippen molar-refractivity contribution in [3.63, 3.8) is 0 Å². The summed E-state index contributed by atoms with van der Waals surface area (Å²) in [4.78, 5) is 26.8. The van der Waals surface area contributed by atoms with Crippen molar-refractivity contribution in [2.24, 2.45) is 23.5 Å². The van der Waals surface area contributed by atoms with E-state index in [0.29, 0.717) is 22.3 Å². The summed E-state index contributed by atoms with van der Waals surface area (Å²) in [5, 5.41) is 3.94. The van der Waals surface area contributed by atoms with Gasteiger partial charge >= 0.3 is 0 Å². The Morgan fingerprint density at radius 3 is 2.67 bits per heavy atom. The molecule has 4 N–H and O–H groups in total. The number of halogens is 1. The van der Waals surface area contributed by atoms with E-state index >= 15 is 0 Å². The number of nitrogens with two attached hydrogens (primary N) is 1. The van der Waals surface area contributed by atoms with Crippen LogP contribution < -0.4 is 11.1 Å². The van der Waals surface area contributed by atoms with Crippen molar-refractivity contribution in [3.05, 3.63) is 53.2 Å². The monoisotopic (exact) mass is 464 g/mol. The lowest BCUT2D eigenvalue weighted by Gasteiger charge is -2.53. The first-order valence-corrected chi connectivity index (χ1v) is 11.6.